The predicted molar refractivity (Wildman–Crippen MR) is 85.0 cm³/mol. The normalized spacial score (nSPS) is 10.6. The zero-order valence-electron chi connectivity index (χ0n) is 11.7. The summed E-state index contributed by atoms with van der Waals surface area (Å²) in [6, 6.07) is 6.93. The van der Waals surface area contributed by atoms with E-state index in [4.69, 9.17) is 0 Å². The molecule has 0 radical (unpaired) electrons. The summed E-state index contributed by atoms with van der Waals surface area (Å²) in [6.07, 6.45) is 1.86. The third kappa shape index (κ3) is 3.28. The van der Waals surface area contributed by atoms with Crippen LogP contribution in [0.4, 0.5) is 5.82 Å². The molecule has 1 aromatic heterocycles. The van der Waals surface area contributed by atoms with Crippen LogP contribution in [0.1, 0.15) is 26.0 Å². The maximum Gasteiger partial charge on any atom is 0.161 e. The molecule has 0 aliphatic carbocycles. The van der Waals surface area contributed by atoms with Gasteiger partial charge in [0, 0.05) is 12.1 Å². The van der Waals surface area contributed by atoms with Crippen LogP contribution in [0, 0.1) is 0 Å². The van der Waals surface area contributed by atoms with Gasteiger partial charge in [0.15, 0.2) is 5.82 Å². The van der Waals surface area contributed by atoms with Crippen LogP contribution in [-0.2, 0) is 6.42 Å². The van der Waals surface area contributed by atoms with E-state index in [2.05, 4.69) is 45.1 Å². The molecule has 2 aromatic rings. The van der Waals surface area contributed by atoms with E-state index in [-0.39, 0.29) is 5.75 Å². The van der Waals surface area contributed by atoms with E-state index in [9.17, 15) is 5.11 Å². The molecule has 20 heavy (non-hydrogen) atoms. The number of halogens is 1. The summed E-state index contributed by atoms with van der Waals surface area (Å²) in [5, 5.41) is 12.7. The Bertz CT molecular complexity index is 584. The van der Waals surface area contributed by atoms with Gasteiger partial charge in [0.25, 0.3) is 0 Å². The molecular weight excluding hydrogens is 318 g/mol. The van der Waals surface area contributed by atoms with Gasteiger partial charge >= 0.3 is 0 Å². The molecule has 0 aliphatic rings. The van der Waals surface area contributed by atoms with Gasteiger partial charge in [0.05, 0.1) is 10.2 Å². The Labute approximate surface area is 127 Å². The summed E-state index contributed by atoms with van der Waals surface area (Å²) < 4.78 is 0.927. The van der Waals surface area contributed by atoms with Crippen molar-refractivity contribution in [3.05, 3.63) is 34.4 Å². The van der Waals surface area contributed by atoms with E-state index in [1.54, 1.807) is 12.1 Å². The summed E-state index contributed by atoms with van der Waals surface area (Å²) >= 11 is 3.56. The molecule has 0 unspecified atom stereocenters. The lowest BCUT2D eigenvalue weighted by atomic mass is 10.2. The van der Waals surface area contributed by atoms with Crippen LogP contribution < -0.4 is 5.32 Å². The number of phenols is 1. The molecule has 0 saturated carbocycles. The third-order valence-electron chi connectivity index (χ3n) is 2.92. The Morgan fingerprint density at radius 1 is 1.15 bits per heavy atom. The number of hydrogen-bond acceptors (Lipinski definition) is 4. The average molecular weight is 336 g/mol. The number of aromatic hydroxyl groups is 1. The van der Waals surface area contributed by atoms with Crippen molar-refractivity contribution >= 4 is 21.7 Å². The first-order valence-corrected chi connectivity index (χ1v) is 7.54. The zero-order chi connectivity index (χ0) is 14.5. The molecule has 0 amide bonds. The van der Waals surface area contributed by atoms with Gasteiger partial charge in [-0.3, -0.25) is 0 Å². The van der Waals surface area contributed by atoms with Gasteiger partial charge in [-0.2, -0.15) is 0 Å². The Balaban J connectivity index is 2.44. The number of benzene rings is 1. The van der Waals surface area contributed by atoms with E-state index in [0.717, 1.165) is 40.9 Å². The smallest absolute Gasteiger partial charge is 0.161 e. The number of hydrogen-bond donors (Lipinski definition) is 2. The fourth-order valence-electron chi connectivity index (χ4n) is 1.83. The fourth-order valence-corrected chi connectivity index (χ4v) is 2.43. The molecule has 2 rings (SSSR count). The molecule has 5 heteroatoms. The number of rotatable bonds is 5. The molecule has 0 saturated heterocycles. The molecule has 1 aromatic carbocycles. The van der Waals surface area contributed by atoms with Gasteiger partial charge in [-0.15, -0.1) is 0 Å². The molecule has 1 heterocycles. The van der Waals surface area contributed by atoms with Crippen LogP contribution in [0.3, 0.4) is 0 Å². The lowest BCUT2D eigenvalue weighted by Crippen LogP contribution is -2.07. The first kappa shape index (κ1) is 14.8. The van der Waals surface area contributed by atoms with Crippen LogP contribution in [0.2, 0.25) is 0 Å². The first-order chi connectivity index (χ1) is 9.65. The molecule has 0 aliphatic heterocycles. The SMILES string of the molecule is CCCNc1nc(-c2ccc(O)cc2)nc(CC)c1Br. The van der Waals surface area contributed by atoms with Crippen molar-refractivity contribution in [2.75, 3.05) is 11.9 Å². The average Bonchev–Trinajstić information content (AvgIpc) is 2.47. The minimum Gasteiger partial charge on any atom is -0.508 e. The van der Waals surface area contributed by atoms with E-state index < -0.39 is 0 Å². The van der Waals surface area contributed by atoms with Gasteiger partial charge in [0.2, 0.25) is 0 Å². The van der Waals surface area contributed by atoms with E-state index in [1.807, 2.05) is 12.1 Å². The van der Waals surface area contributed by atoms with Crippen LogP contribution in [0.25, 0.3) is 11.4 Å². The van der Waals surface area contributed by atoms with E-state index in [0.29, 0.717) is 5.82 Å². The van der Waals surface area contributed by atoms with Crippen molar-refractivity contribution in [1.29, 1.82) is 0 Å². The summed E-state index contributed by atoms with van der Waals surface area (Å²) in [4.78, 5) is 9.15. The first-order valence-electron chi connectivity index (χ1n) is 6.75. The Morgan fingerprint density at radius 3 is 2.45 bits per heavy atom. The number of nitrogens with zero attached hydrogens (tertiary/aromatic N) is 2. The second-order valence-electron chi connectivity index (χ2n) is 4.48. The van der Waals surface area contributed by atoms with Gasteiger partial charge in [-0.05, 0) is 53.0 Å². The number of anilines is 1. The predicted octanol–water partition coefficient (Wildman–Crippen LogP) is 4.00. The van der Waals surface area contributed by atoms with Crippen molar-refractivity contribution in [2.24, 2.45) is 0 Å². The number of nitrogens with one attached hydrogen (secondary N) is 1. The number of phenolic OH excluding ortho intramolecular Hbond substituents is 1. The Morgan fingerprint density at radius 2 is 1.85 bits per heavy atom. The van der Waals surface area contributed by atoms with Crippen LogP contribution >= 0.6 is 15.9 Å². The largest absolute Gasteiger partial charge is 0.508 e. The van der Waals surface area contributed by atoms with Gasteiger partial charge < -0.3 is 10.4 Å². The van der Waals surface area contributed by atoms with Gasteiger partial charge in [0.1, 0.15) is 11.6 Å². The summed E-state index contributed by atoms with van der Waals surface area (Å²) in [5.74, 6) is 1.73. The fraction of sp³-hybridized carbons (Fsp3) is 0.333. The quantitative estimate of drug-likeness (QED) is 0.867. The Kier molecular flexibility index (Phi) is 4.95. The molecular formula is C15H18BrN3O. The monoisotopic (exact) mass is 335 g/mol. The highest BCUT2D eigenvalue weighted by molar-refractivity contribution is 9.10. The molecule has 0 atom stereocenters. The molecule has 4 nitrogen and oxygen atoms in total. The van der Waals surface area contributed by atoms with Crippen molar-refractivity contribution < 1.29 is 5.11 Å². The molecule has 0 spiro atoms. The van der Waals surface area contributed by atoms with Crippen molar-refractivity contribution in [3.8, 4) is 17.1 Å². The van der Waals surface area contributed by atoms with Crippen LogP contribution in [0.15, 0.2) is 28.7 Å². The minimum absolute atomic E-state index is 0.242. The molecule has 106 valence electrons. The van der Waals surface area contributed by atoms with E-state index >= 15 is 0 Å². The minimum atomic E-state index is 0.242. The second kappa shape index (κ2) is 6.70. The topological polar surface area (TPSA) is 58.0 Å². The number of aromatic nitrogens is 2. The van der Waals surface area contributed by atoms with Crippen LogP contribution in [0.5, 0.6) is 5.75 Å². The Hall–Kier alpha value is -1.62. The lowest BCUT2D eigenvalue weighted by molar-refractivity contribution is 0.475. The number of aryl methyl sites for hydroxylation is 1. The molecule has 0 bridgehead atoms. The maximum atomic E-state index is 9.36. The lowest BCUT2D eigenvalue weighted by Gasteiger charge is -2.12. The van der Waals surface area contributed by atoms with Crippen molar-refractivity contribution in [2.45, 2.75) is 26.7 Å². The van der Waals surface area contributed by atoms with Gasteiger partial charge in [-0.1, -0.05) is 13.8 Å². The summed E-state index contributed by atoms with van der Waals surface area (Å²) in [7, 11) is 0. The highest BCUT2D eigenvalue weighted by atomic mass is 79.9. The van der Waals surface area contributed by atoms with Crippen LogP contribution in [-0.4, -0.2) is 21.6 Å². The summed E-state index contributed by atoms with van der Waals surface area (Å²) in [6.45, 7) is 5.05. The third-order valence-corrected chi connectivity index (χ3v) is 3.76. The van der Waals surface area contributed by atoms with E-state index in [1.165, 1.54) is 0 Å². The van der Waals surface area contributed by atoms with Crippen molar-refractivity contribution in [3.63, 3.8) is 0 Å². The summed E-state index contributed by atoms with van der Waals surface area (Å²) in [5.41, 5.74) is 1.87. The zero-order valence-corrected chi connectivity index (χ0v) is 13.2. The standard InChI is InChI=1S/C15H18BrN3O/c1-3-9-17-15-13(16)12(4-2)18-14(19-15)10-5-7-11(20)8-6-10/h5-8,20H,3-4,9H2,1-2H3,(H,17,18,19). The highest BCUT2D eigenvalue weighted by Gasteiger charge is 2.12. The maximum absolute atomic E-state index is 9.36. The molecule has 2 N–H and O–H groups in total. The van der Waals surface area contributed by atoms with Crippen molar-refractivity contribution in [1.82, 2.24) is 9.97 Å². The van der Waals surface area contributed by atoms with Gasteiger partial charge in [-0.25, -0.2) is 9.97 Å². The second-order valence-corrected chi connectivity index (χ2v) is 5.28. The highest BCUT2D eigenvalue weighted by Crippen LogP contribution is 2.28. The molecule has 0 fully saturated rings.